The zero-order valence-corrected chi connectivity index (χ0v) is 15.8. The van der Waals surface area contributed by atoms with E-state index in [-0.39, 0.29) is 31.6 Å². The molecular weight excluding hydrogens is 401 g/mol. The topological polar surface area (TPSA) is 102 Å². The number of carboxylic acids is 1. The normalized spacial score (nSPS) is 16.5. The van der Waals surface area contributed by atoms with Crippen LogP contribution in [0, 0.1) is 0 Å². The van der Waals surface area contributed by atoms with Crippen molar-refractivity contribution in [3.05, 3.63) is 34.6 Å². The van der Waals surface area contributed by atoms with E-state index in [0.717, 1.165) is 0 Å². The van der Waals surface area contributed by atoms with Gasteiger partial charge in [-0.1, -0.05) is 28.4 Å². The number of aromatic nitrogens is 3. The molecule has 1 aromatic heterocycles. The molecule has 0 amide bonds. The van der Waals surface area contributed by atoms with Crippen molar-refractivity contribution in [3.63, 3.8) is 0 Å². The van der Waals surface area contributed by atoms with E-state index in [1.807, 2.05) is 0 Å². The van der Waals surface area contributed by atoms with Gasteiger partial charge in [-0.05, 0) is 24.6 Å². The predicted molar refractivity (Wildman–Crippen MR) is 95.5 cm³/mol. The molecule has 1 fully saturated rings. The maximum atomic E-state index is 11.4. The molecule has 1 unspecified atom stereocenters. The highest BCUT2D eigenvalue weighted by Gasteiger charge is 2.31. The van der Waals surface area contributed by atoms with Gasteiger partial charge in [-0.25, -0.2) is 9.75 Å². The fourth-order valence-electron chi connectivity index (χ4n) is 2.52. The molecule has 10 nitrogen and oxygen atoms in total. The van der Waals surface area contributed by atoms with E-state index in [1.54, 1.807) is 18.2 Å². The summed E-state index contributed by atoms with van der Waals surface area (Å²) < 4.78 is 6.42. The van der Waals surface area contributed by atoms with Crippen LogP contribution in [0.15, 0.2) is 24.4 Å². The smallest absolute Gasteiger partial charge is 0.323 e. The summed E-state index contributed by atoms with van der Waals surface area (Å²) in [7, 11) is 1.51. The Morgan fingerprint density at radius 3 is 2.74 bits per heavy atom. The second-order valence-electron chi connectivity index (χ2n) is 5.57. The average molecular weight is 418 g/mol. The van der Waals surface area contributed by atoms with Gasteiger partial charge in [-0.15, -0.1) is 10.2 Å². The highest BCUT2D eigenvalue weighted by atomic mass is 35.5. The third-order valence-corrected chi connectivity index (χ3v) is 4.24. The van der Waals surface area contributed by atoms with Gasteiger partial charge < -0.3 is 9.84 Å². The summed E-state index contributed by atoms with van der Waals surface area (Å²) >= 11 is 12.0. The van der Waals surface area contributed by atoms with Crippen LogP contribution in [0.5, 0.6) is 0 Å². The first-order chi connectivity index (χ1) is 13.0. The lowest BCUT2D eigenvalue weighted by molar-refractivity contribution is -0.284. The number of rotatable bonds is 7. The van der Waals surface area contributed by atoms with Crippen molar-refractivity contribution < 1.29 is 24.3 Å². The molecule has 0 aliphatic carbocycles. The van der Waals surface area contributed by atoms with Crippen LogP contribution in [-0.2, 0) is 19.2 Å². The van der Waals surface area contributed by atoms with Gasteiger partial charge in [0.25, 0.3) is 0 Å². The second kappa shape index (κ2) is 8.83. The molecule has 1 saturated heterocycles. The number of nitrogens with zero attached hydrogens (tertiary/aromatic N) is 5. The minimum absolute atomic E-state index is 0.0491. The van der Waals surface area contributed by atoms with Gasteiger partial charge in [0.1, 0.15) is 6.04 Å². The zero-order chi connectivity index (χ0) is 19.4. The number of anilines is 1. The van der Waals surface area contributed by atoms with E-state index in [2.05, 4.69) is 10.3 Å². The number of hydrogen-bond acceptors (Lipinski definition) is 8. The van der Waals surface area contributed by atoms with Crippen LogP contribution >= 0.6 is 23.2 Å². The van der Waals surface area contributed by atoms with Crippen molar-refractivity contribution in [2.75, 3.05) is 32.2 Å². The first-order valence-electron chi connectivity index (χ1n) is 7.89. The van der Waals surface area contributed by atoms with Gasteiger partial charge in [-0.2, -0.15) is 0 Å². The molecule has 0 spiro atoms. The number of ether oxygens (including phenoxy) is 1. The van der Waals surface area contributed by atoms with Crippen LogP contribution in [0.25, 0.3) is 5.69 Å². The van der Waals surface area contributed by atoms with E-state index < -0.39 is 12.0 Å². The highest BCUT2D eigenvalue weighted by Crippen LogP contribution is 2.30. The Balaban J connectivity index is 1.76. The molecule has 27 heavy (non-hydrogen) atoms. The summed E-state index contributed by atoms with van der Waals surface area (Å²) in [6.45, 7) is 0.142. The molecule has 146 valence electrons. The van der Waals surface area contributed by atoms with Crippen molar-refractivity contribution in [2.45, 2.75) is 12.5 Å². The number of benzene rings is 1. The molecule has 1 aromatic carbocycles. The molecule has 0 bridgehead atoms. The molecule has 2 heterocycles. The van der Waals surface area contributed by atoms with Gasteiger partial charge in [0.05, 0.1) is 17.6 Å². The van der Waals surface area contributed by atoms with Crippen LogP contribution in [0.1, 0.15) is 6.42 Å². The molecule has 0 radical (unpaired) electrons. The third kappa shape index (κ3) is 4.67. The average Bonchev–Trinajstić information content (AvgIpc) is 3.08. The van der Waals surface area contributed by atoms with Gasteiger partial charge in [0.15, 0.2) is 18.6 Å². The number of carboxylic acid groups (broad SMARTS) is 1. The fraction of sp³-hybridized carbons (Fsp3) is 0.400. The maximum Gasteiger partial charge on any atom is 0.323 e. The van der Waals surface area contributed by atoms with Crippen molar-refractivity contribution in [1.29, 1.82) is 0 Å². The summed E-state index contributed by atoms with van der Waals surface area (Å²) in [6, 6.07) is 4.21. The molecule has 3 rings (SSSR count). The first-order valence-corrected chi connectivity index (χ1v) is 8.64. The maximum absolute atomic E-state index is 11.4. The molecule has 12 heteroatoms. The Hall–Kier alpha value is -1.95. The minimum Gasteiger partial charge on any atom is -0.480 e. The number of aliphatic carboxylic acids is 1. The number of halogens is 2. The standard InChI is InChI=1S/C15H17Cl2N5O5/c1-25-5-4-12(15(23)24)21-8-27-22(9-26-21)13-6-10(16)2-3-11(13)20-7-14(17)18-19-20/h2-3,6-7,12H,4-5,8-9H2,1H3,(H,23,24). The first kappa shape index (κ1) is 19.8. The Labute approximate surface area is 164 Å². The monoisotopic (exact) mass is 417 g/mol. The van der Waals surface area contributed by atoms with Crippen LogP contribution in [-0.4, -0.2) is 64.4 Å². The van der Waals surface area contributed by atoms with Crippen LogP contribution in [0.2, 0.25) is 10.2 Å². The molecular formula is C15H17Cl2N5O5. The molecule has 1 aliphatic rings. The van der Waals surface area contributed by atoms with Crippen LogP contribution < -0.4 is 5.06 Å². The van der Waals surface area contributed by atoms with Gasteiger partial charge in [0, 0.05) is 18.7 Å². The summed E-state index contributed by atoms with van der Waals surface area (Å²) in [6.07, 6.45) is 1.80. The van der Waals surface area contributed by atoms with Crippen LogP contribution in [0.4, 0.5) is 5.69 Å². The molecule has 1 aliphatic heterocycles. The summed E-state index contributed by atoms with van der Waals surface area (Å²) in [5.41, 5.74) is 1.18. The molecule has 2 aromatic rings. The molecule has 1 N–H and O–H groups in total. The van der Waals surface area contributed by atoms with E-state index in [1.165, 1.54) is 28.1 Å². The van der Waals surface area contributed by atoms with Gasteiger partial charge in [-0.3, -0.25) is 14.5 Å². The predicted octanol–water partition coefficient (Wildman–Crippen LogP) is 1.96. The lowest BCUT2D eigenvalue weighted by Gasteiger charge is -2.37. The number of hydrogen-bond donors (Lipinski definition) is 1. The Kier molecular flexibility index (Phi) is 6.47. The quantitative estimate of drug-likeness (QED) is 0.723. The van der Waals surface area contributed by atoms with Crippen molar-refractivity contribution in [1.82, 2.24) is 20.1 Å². The number of carbonyl (C=O) groups is 1. The van der Waals surface area contributed by atoms with Crippen molar-refractivity contribution in [2.24, 2.45) is 0 Å². The van der Waals surface area contributed by atoms with E-state index in [0.29, 0.717) is 16.4 Å². The lowest BCUT2D eigenvalue weighted by atomic mass is 10.2. The lowest BCUT2D eigenvalue weighted by Crippen LogP contribution is -2.50. The SMILES string of the molecule is COCCC(C(=O)O)N1CON(c2cc(Cl)ccc2-n2cc(Cl)nn2)CO1. The molecule has 0 saturated carbocycles. The Morgan fingerprint density at radius 1 is 1.33 bits per heavy atom. The highest BCUT2D eigenvalue weighted by molar-refractivity contribution is 6.31. The van der Waals surface area contributed by atoms with E-state index >= 15 is 0 Å². The largest absolute Gasteiger partial charge is 0.480 e. The molecule has 1 atom stereocenters. The fourth-order valence-corrected chi connectivity index (χ4v) is 2.81. The summed E-state index contributed by atoms with van der Waals surface area (Å²) in [5.74, 6) is -1.02. The number of hydroxylamine groups is 3. The summed E-state index contributed by atoms with van der Waals surface area (Å²) in [4.78, 5) is 22.7. The summed E-state index contributed by atoms with van der Waals surface area (Å²) in [5, 5.41) is 20.5. The van der Waals surface area contributed by atoms with E-state index in [4.69, 9.17) is 37.6 Å². The van der Waals surface area contributed by atoms with Crippen LogP contribution in [0.3, 0.4) is 0 Å². The van der Waals surface area contributed by atoms with Crippen molar-refractivity contribution >= 4 is 34.9 Å². The Morgan fingerprint density at radius 2 is 2.15 bits per heavy atom. The van der Waals surface area contributed by atoms with Gasteiger partial charge in [0.2, 0.25) is 0 Å². The van der Waals surface area contributed by atoms with E-state index in [9.17, 15) is 9.90 Å². The minimum atomic E-state index is -1.02. The zero-order valence-electron chi connectivity index (χ0n) is 14.3. The van der Waals surface area contributed by atoms with Gasteiger partial charge >= 0.3 is 5.97 Å². The van der Waals surface area contributed by atoms with Crippen molar-refractivity contribution in [3.8, 4) is 5.69 Å². The second-order valence-corrected chi connectivity index (χ2v) is 6.39. The number of methoxy groups -OCH3 is 1. The third-order valence-electron chi connectivity index (χ3n) is 3.83. The Bertz CT molecular complexity index is 797.